The minimum Gasteiger partial charge on any atom is -0.377 e. The first-order valence-electron chi connectivity index (χ1n) is 10.9. The number of ether oxygens (including phenoxy) is 1. The first-order valence-corrected chi connectivity index (χ1v) is 10.9. The molecule has 4 aliphatic rings. The van der Waals surface area contributed by atoms with Crippen molar-refractivity contribution in [1.82, 2.24) is 15.0 Å². The Hall–Kier alpha value is -2.41. The fraction of sp³-hybridized carbons (Fsp3) is 0.591. The normalized spacial score (nSPS) is 28.4. The molecule has 2 aliphatic carbocycles. The second-order valence-corrected chi connectivity index (χ2v) is 9.07. The van der Waals surface area contributed by atoms with E-state index in [4.69, 9.17) is 9.72 Å². The average molecular weight is 393 g/mol. The summed E-state index contributed by atoms with van der Waals surface area (Å²) in [5.41, 5.74) is 2.31. The highest BCUT2D eigenvalue weighted by molar-refractivity contribution is 5.66. The number of anilines is 4. The topological polar surface area (TPSA) is 66.4 Å². The Morgan fingerprint density at radius 2 is 1.93 bits per heavy atom. The third-order valence-corrected chi connectivity index (χ3v) is 6.72. The van der Waals surface area contributed by atoms with Crippen LogP contribution in [0.25, 0.3) is 0 Å². The van der Waals surface area contributed by atoms with Crippen molar-refractivity contribution in [2.75, 3.05) is 48.0 Å². The number of fused-ring (bicyclic) bond motifs is 1. The van der Waals surface area contributed by atoms with Crippen LogP contribution in [0.3, 0.4) is 0 Å². The third-order valence-electron chi connectivity index (χ3n) is 6.72. The summed E-state index contributed by atoms with van der Waals surface area (Å²) >= 11 is 0. The summed E-state index contributed by atoms with van der Waals surface area (Å²) in [6.07, 6.45) is 7.62. The molecule has 2 aliphatic heterocycles. The van der Waals surface area contributed by atoms with Crippen LogP contribution in [0.2, 0.25) is 0 Å². The molecule has 4 fully saturated rings. The SMILES string of the molecule is C[C@@H]1COCCN1c1cc(Nc2cnc(C3CC3)cn2)nc(N2CC3CC3C2)c1. The summed E-state index contributed by atoms with van der Waals surface area (Å²) in [6.45, 7) is 6.93. The van der Waals surface area contributed by atoms with E-state index in [0.29, 0.717) is 12.0 Å². The van der Waals surface area contributed by atoms with E-state index in [1.807, 2.05) is 12.4 Å². The molecule has 152 valence electrons. The molecular formula is C22H28N6O. The number of piperidine rings is 1. The van der Waals surface area contributed by atoms with Crippen molar-refractivity contribution in [1.29, 1.82) is 0 Å². The number of nitrogens with one attached hydrogen (secondary N) is 1. The second kappa shape index (κ2) is 6.83. The van der Waals surface area contributed by atoms with E-state index in [1.54, 1.807) is 0 Å². The highest BCUT2D eigenvalue weighted by atomic mass is 16.5. The van der Waals surface area contributed by atoms with Gasteiger partial charge >= 0.3 is 0 Å². The molecule has 4 heterocycles. The van der Waals surface area contributed by atoms with E-state index in [1.165, 1.54) is 24.9 Å². The monoisotopic (exact) mass is 392 g/mol. The molecular weight excluding hydrogens is 364 g/mol. The number of hydrogen-bond donors (Lipinski definition) is 1. The molecule has 3 atom stereocenters. The van der Waals surface area contributed by atoms with Gasteiger partial charge in [-0.05, 0) is 38.0 Å². The van der Waals surface area contributed by atoms with Crippen molar-refractivity contribution in [3.8, 4) is 0 Å². The molecule has 6 rings (SSSR count). The number of morpholine rings is 1. The van der Waals surface area contributed by atoms with Crippen LogP contribution < -0.4 is 15.1 Å². The van der Waals surface area contributed by atoms with E-state index in [9.17, 15) is 0 Å². The molecule has 7 heteroatoms. The summed E-state index contributed by atoms with van der Waals surface area (Å²) < 4.78 is 5.64. The first-order chi connectivity index (χ1) is 14.2. The quantitative estimate of drug-likeness (QED) is 0.838. The lowest BCUT2D eigenvalue weighted by Gasteiger charge is -2.36. The summed E-state index contributed by atoms with van der Waals surface area (Å²) in [5, 5.41) is 3.40. The summed E-state index contributed by atoms with van der Waals surface area (Å²) in [5.74, 6) is 5.03. The highest BCUT2D eigenvalue weighted by Crippen LogP contribution is 2.46. The van der Waals surface area contributed by atoms with E-state index < -0.39 is 0 Å². The van der Waals surface area contributed by atoms with Crippen molar-refractivity contribution in [2.24, 2.45) is 11.8 Å². The van der Waals surface area contributed by atoms with Crippen LogP contribution in [-0.4, -0.2) is 53.8 Å². The van der Waals surface area contributed by atoms with Crippen LogP contribution in [0.1, 0.15) is 37.8 Å². The van der Waals surface area contributed by atoms with Crippen LogP contribution in [0.15, 0.2) is 24.5 Å². The van der Waals surface area contributed by atoms with Gasteiger partial charge in [-0.3, -0.25) is 4.98 Å². The van der Waals surface area contributed by atoms with Gasteiger partial charge in [-0.25, -0.2) is 9.97 Å². The summed E-state index contributed by atoms with van der Waals surface area (Å²) in [6, 6.07) is 4.74. The standard InChI is InChI=1S/C22H28N6O/c1-14-13-29-5-4-28(14)18-7-20(25-21-10-23-19(9-24-21)15-2-3-15)26-22(8-18)27-11-16-6-17(16)12-27/h7-10,14-17H,2-6,11-13H2,1H3,(H,24,25,26)/t14-,16?,17?/m1/s1. The first kappa shape index (κ1) is 17.4. The van der Waals surface area contributed by atoms with Gasteiger partial charge in [0.25, 0.3) is 0 Å². The number of pyridine rings is 1. The lowest BCUT2D eigenvalue weighted by atomic mass is 10.2. The Bertz CT molecular complexity index is 889. The van der Waals surface area contributed by atoms with E-state index in [2.05, 4.69) is 44.1 Å². The second-order valence-electron chi connectivity index (χ2n) is 9.07. The van der Waals surface area contributed by atoms with Gasteiger partial charge in [0.1, 0.15) is 17.5 Å². The molecule has 0 bridgehead atoms. The van der Waals surface area contributed by atoms with Crippen LogP contribution in [0, 0.1) is 11.8 Å². The zero-order chi connectivity index (χ0) is 19.4. The highest BCUT2D eigenvalue weighted by Gasteiger charge is 2.45. The predicted molar refractivity (Wildman–Crippen MR) is 113 cm³/mol. The predicted octanol–water partition coefficient (Wildman–Crippen LogP) is 3.17. The number of rotatable bonds is 5. The van der Waals surface area contributed by atoms with Crippen LogP contribution in [-0.2, 0) is 4.74 Å². The number of aromatic nitrogens is 3. The van der Waals surface area contributed by atoms with Crippen molar-refractivity contribution in [3.05, 3.63) is 30.2 Å². The van der Waals surface area contributed by atoms with Gasteiger partial charge in [0.15, 0.2) is 0 Å². The third kappa shape index (κ3) is 3.52. The maximum atomic E-state index is 5.64. The molecule has 2 unspecified atom stereocenters. The largest absolute Gasteiger partial charge is 0.377 e. The number of hydrogen-bond acceptors (Lipinski definition) is 7. The van der Waals surface area contributed by atoms with Gasteiger partial charge in [-0.1, -0.05) is 0 Å². The van der Waals surface area contributed by atoms with Crippen molar-refractivity contribution >= 4 is 23.1 Å². The molecule has 29 heavy (non-hydrogen) atoms. The van der Waals surface area contributed by atoms with Crippen LogP contribution >= 0.6 is 0 Å². The lowest BCUT2D eigenvalue weighted by Crippen LogP contribution is -2.43. The Labute approximate surface area is 171 Å². The molecule has 7 nitrogen and oxygen atoms in total. The van der Waals surface area contributed by atoms with E-state index in [-0.39, 0.29) is 0 Å². The molecule has 2 aromatic heterocycles. The summed E-state index contributed by atoms with van der Waals surface area (Å²) in [7, 11) is 0. The van der Waals surface area contributed by atoms with E-state index >= 15 is 0 Å². The lowest BCUT2D eigenvalue weighted by molar-refractivity contribution is 0.0989. The smallest absolute Gasteiger partial charge is 0.150 e. The van der Waals surface area contributed by atoms with Crippen LogP contribution in [0.4, 0.5) is 23.1 Å². The molecule has 0 spiro atoms. The van der Waals surface area contributed by atoms with Gasteiger partial charge in [0.2, 0.25) is 0 Å². The molecule has 2 saturated heterocycles. The number of nitrogens with zero attached hydrogens (tertiary/aromatic N) is 5. The molecule has 0 aromatic carbocycles. The Morgan fingerprint density at radius 3 is 2.66 bits per heavy atom. The van der Waals surface area contributed by atoms with Crippen molar-refractivity contribution in [3.63, 3.8) is 0 Å². The van der Waals surface area contributed by atoms with Gasteiger partial charge in [-0.2, -0.15) is 0 Å². The molecule has 2 aromatic rings. The maximum Gasteiger partial charge on any atom is 0.150 e. The molecule has 0 amide bonds. The van der Waals surface area contributed by atoms with Gasteiger partial charge < -0.3 is 19.9 Å². The van der Waals surface area contributed by atoms with E-state index in [0.717, 1.165) is 67.8 Å². The Kier molecular flexibility index (Phi) is 4.11. The molecule has 2 saturated carbocycles. The zero-order valence-corrected chi connectivity index (χ0v) is 16.9. The summed E-state index contributed by atoms with van der Waals surface area (Å²) in [4.78, 5) is 19.0. The van der Waals surface area contributed by atoms with Crippen molar-refractivity contribution in [2.45, 2.75) is 38.1 Å². The molecule has 1 N–H and O–H groups in total. The Morgan fingerprint density at radius 1 is 1.07 bits per heavy atom. The molecule has 0 radical (unpaired) electrons. The van der Waals surface area contributed by atoms with Crippen molar-refractivity contribution < 1.29 is 4.74 Å². The van der Waals surface area contributed by atoms with Gasteiger partial charge in [0, 0.05) is 49.4 Å². The fourth-order valence-corrected chi connectivity index (χ4v) is 4.71. The average Bonchev–Trinajstić information content (AvgIpc) is 3.67. The fourth-order valence-electron chi connectivity index (χ4n) is 4.71. The van der Waals surface area contributed by atoms with Gasteiger partial charge in [-0.15, -0.1) is 0 Å². The minimum atomic E-state index is 0.358. The minimum absolute atomic E-state index is 0.358. The van der Waals surface area contributed by atoms with Crippen LogP contribution in [0.5, 0.6) is 0 Å². The Balaban J connectivity index is 1.29. The zero-order valence-electron chi connectivity index (χ0n) is 16.9. The maximum absolute atomic E-state index is 5.64. The van der Waals surface area contributed by atoms with Gasteiger partial charge in [0.05, 0.1) is 31.3 Å².